The molecule has 5 aromatic rings. The van der Waals surface area contributed by atoms with Crippen LogP contribution in [0, 0.1) is 5.92 Å². The molecule has 0 unspecified atom stereocenters. The van der Waals surface area contributed by atoms with Crippen LogP contribution < -0.4 is 20.1 Å². The van der Waals surface area contributed by atoms with Gasteiger partial charge in [0.15, 0.2) is 17.1 Å². The number of nitrogens with zero attached hydrogens (tertiary/aromatic N) is 5. The van der Waals surface area contributed by atoms with Gasteiger partial charge in [0.2, 0.25) is 12.7 Å². The topological polar surface area (TPSA) is 91.3 Å². The number of fused-ring (bicyclic) bond motifs is 2. The molecule has 3 aromatic carbocycles. The number of hydrogen-bond acceptors (Lipinski definition) is 7. The van der Waals surface area contributed by atoms with Crippen LogP contribution in [0.1, 0.15) is 18.4 Å². The molecule has 0 saturated carbocycles. The molecule has 8 nitrogen and oxygen atoms in total. The van der Waals surface area contributed by atoms with Crippen molar-refractivity contribution in [2.45, 2.75) is 19.3 Å². The summed E-state index contributed by atoms with van der Waals surface area (Å²) < 4.78 is 12.9. The Bertz CT molecular complexity index is 1650. The van der Waals surface area contributed by atoms with Gasteiger partial charge in [-0.2, -0.15) is 4.98 Å². The largest absolute Gasteiger partial charge is 0.454 e. The zero-order chi connectivity index (χ0) is 26.3. The summed E-state index contributed by atoms with van der Waals surface area (Å²) in [6.07, 6.45) is 3.26. The Morgan fingerprint density at radius 1 is 0.897 bits per heavy atom. The second-order valence-corrected chi connectivity index (χ2v) is 10.5. The van der Waals surface area contributed by atoms with Gasteiger partial charge in [-0.1, -0.05) is 41.9 Å². The molecule has 0 radical (unpaired) electrons. The second kappa shape index (κ2) is 9.78. The predicted octanol–water partition coefficient (Wildman–Crippen LogP) is 5.91. The minimum absolute atomic E-state index is 0.206. The Morgan fingerprint density at radius 3 is 2.46 bits per heavy atom. The molecule has 1 saturated heterocycles. The molecule has 0 atom stereocenters. The molecule has 0 aliphatic carbocycles. The fourth-order valence-electron chi connectivity index (χ4n) is 5.46. The molecule has 9 heteroatoms. The van der Waals surface area contributed by atoms with Crippen LogP contribution in [-0.4, -0.2) is 39.6 Å². The molecule has 2 aromatic heterocycles. The molecule has 39 heavy (non-hydrogen) atoms. The molecule has 196 valence electrons. The lowest BCUT2D eigenvalue weighted by Crippen LogP contribution is -2.35. The normalized spacial score (nSPS) is 15.3. The number of benzene rings is 3. The summed E-state index contributed by atoms with van der Waals surface area (Å²) in [4.78, 5) is 12.2. The van der Waals surface area contributed by atoms with Gasteiger partial charge in [-0.3, -0.25) is 0 Å². The summed E-state index contributed by atoms with van der Waals surface area (Å²) in [7, 11) is 0. The summed E-state index contributed by atoms with van der Waals surface area (Å²) in [6, 6.07) is 23.9. The van der Waals surface area contributed by atoms with E-state index in [1.54, 1.807) is 4.68 Å². The monoisotopic (exact) mass is 538 g/mol. The lowest BCUT2D eigenvalue weighted by Gasteiger charge is -2.32. The number of piperidine rings is 1. The van der Waals surface area contributed by atoms with Crippen LogP contribution in [0.2, 0.25) is 5.02 Å². The summed E-state index contributed by atoms with van der Waals surface area (Å²) in [6.45, 7) is 1.98. The van der Waals surface area contributed by atoms with E-state index in [0.717, 1.165) is 55.0 Å². The summed E-state index contributed by atoms with van der Waals surface area (Å²) in [5, 5.41) is 6.16. The van der Waals surface area contributed by atoms with Crippen LogP contribution in [0.5, 0.6) is 11.5 Å². The average molecular weight is 539 g/mol. The van der Waals surface area contributed by atoms with Crippen LogP contribution in [0.25, 0.3) is 28.0 Å². The molecule has 0 amide bonds. The first-order valence-corrected chi connectivity index (χ1v) is 13.5. The number of hydrogen-bond donors (Lipinski definition) is 1. The Hall–Kier alpha value is -4.30. The van der Waals surface area contributed by atoms with Crippen LogP contribution in [0.3, 0.4) is 0 Å². The Kier molecular flexibility index (Phi) is 5.97. The first-order chi connectivity index (χ1) is 19.1. The van der Waals surface area contributed by atoms with E-state index in [0.29, 0.717) is 39.5 Å². The highest BCUT2D eigenvalue weighted by atomic mass is 35.5. The first kappa shape index (κ1) is 23.8. The fraction of sp³-hybridized carbons (Fsp3) is 0.233. The molecular formula is C30H27ClN6O2. The van der Waals surface area contributed by atoms with Crippen molar-refractivity contribution in [3.63, 3.8) is 0 Å². The van der Waals surface area contributed by atoms with Crippen LogP contribution >= 0.6 is 11.6 Å². The van der Waals surface area contributed by atoms with E-state index >= 15 is 0 Å². The molecule has 2 aliphatic heterocycles. The van der Waals surface area contributed by atoms with Gasteiger partial charge in [0.1, 0.15) is 5.82 Å². The SMILES string of the molecule is Nc1c2c(-c3ccc4c(c3)OCO4)nc(N3CCC(Cc4ccccc4)CC3)nc2nn1-c1ccc(Cl)cc1. The highest BCUT2D eigenvalue weighted by molar-refractivity contribution is 6.30. The van der Waals surface area contributed by atoms with Crippen LogP contribution in [0.4, 0.5) is 11.8 Å². The summed E-state index contributed by atoms with van der Waals surface area (Å²) in [5.74, 6) is 3.17. The highest BCUT2D eigenvalue weighted by Crippen LogP contribution is 2.39. The third-order valence-corrected chi connectivity index (χ3v) is 7.79. The molecule has 4 heterocycles. The van der Waals surface area contributed by atoms with Crippen LogP contribution in [0.15, 0.2) is 72.8 Å². The summed E-state index contributed by atoms with van der Waals surface area (Å²) in [5.41, 5.74) is 11.0. The quantitative estimate of drug-likeness (QED) is 0.297. The van der Waals surface area contributed by atoms with Gasteiger partial charge in [0.05, 0.1) is 16.8 Å². The molecule has 7 rings (SSSR count). The number of nitrogens with two attached hydrogens (primary N) is 1. The minimum Gasteiger partial charge on any atom is -0.454 e. The van der Waals surface area contributed by atoms with Crippen molar-refractivity contribution in [3.8, 4) is 28.4 Å². The van der Waals surface area contributed by atoms with Gasteiger partial charge in [0, 0.05) is 23.7 Å². The minimum atomic E-state index is 0.206. The molecule has 0 spiro atoms. The Balaban J connectivity index is 1.27. The van der Waals surface area contributed by atoms with Crippen molar-refractivity contribution >= 4 is 34.4 Å². The van der Waals surface area contributed by atoms with Crippen molar-refractivity contribution in [1.29, 1.82) is 0 Å². The molecule has 0 bridgehead atoms. The van der Waals surface area contributed by atoms with E-state index < -0.39 is 0 Å². The maximum atomic E-state index is 6.70. The average Bonchev–Trinajstić information content (AvgIpc) is 3.58. The number of ether oxygens (including phenoxy) is 2. The van der Waals surface area contributed by atoms with E-state index in [-0.39, 0.29) is 6.79 Å². The Morgan fingerprint density at radius 2 is 1.67 bits per heavy atom. The maximum absolute atomic E-state index is 6.70. The standard InChI is InChI=1S/C30H27ClN6O2/c31-22-7-9-23(10-8-22)37-28(32)26-27(21-6-11-24-25(17-21)39-18-38-24)33-30(34-29(26)35-37)36-14-12-20(13-15-36)16-19-4-2-1-3-5-19/h1-11,17,20H,12-16,18,32H2. The maximum Gasteiger partial charge on any atom is 0.231 e. The molecule has 2 aliphatic rings. The van der Waals surface area contributed by atoms with Gasteiger partial charge in [0.25, 0.3) is 0 Å². The Labute approximate surface area is 231 Å². The van der Waals surface area contributed by atoms with E-state index in [1.807, 2.05) is 42.5 Å². The number of aromatic nitrogens is 4. The number of halogens is 1. The van der Waals surface area contributed by atoms with Crippen molar-refractivity contribution < 1.29 is 9.47 Å². The second-order valence-electron chi connectivity index (χ2n) is 10.0. The van der Waals surface area contributed by atoms with Crippen molar-refractivity contribution in [2.24, 2.45) is 5.92 Å². The predicted molar refractivity (Wildman–Crippen MR) is 153 cm³/mol. The highest BCUT2D eigenvalue weighted by Gasteiger charge is 2.26. The lowest BCUT2D eigenvalue weighted by atomic mass is 9.90. The zero-order valence-corrected chi connectivity index (χ0v) is 22.0. The fourth-order valence-corrected chi connectivity index (χ4v) is 5.58. The van der Waals surface area contributed by atoms with Gasteiger partial charge >= 0.3 is 0 Å². The molecular weight excluding hydrogens is 512 g/mol. The van der Waals surface area contributed by atoms with Gasteiger partial charge < -0.3 is 20.1 Å². The first-order valence-electron chi connectivity index (χ1n) is 13.1. The smallest absolute Gasteiger partial charge is 0.231 e. The number of rotatable bonds is 5. The number of anilines is 2. The van der Waals surface area contributed by atoms with E-state index in [2.05, 4.69) is 35.2 Å². The molecule has 2 N–H and O–H groups in total. The van der Waals surface area contributed by atoms with Crippen molar-refractivity contribution in [3.05, 3.63) is 83.4 Å². The third kappa shape index (κ3) is 4.51. The molecule has 1 fully saturated rings. The third-order valence-electron chi connectivity index (χ3n) is 7.54. The van der Waals surface area contributed by atoms with Crippen molar-refractivity contribution in [1.82, 2.24) is 19.7 Å². The van der Waals surface area contributed by atoms with Crippen LogP contribution in [-0.2, 0) is 6.42 Å². The van der Waals surface area contributed by atoms with E-state index in [1.165, 1.54) is 5.56 Å². The summed E-state index contributed by atoms with van der Waals surface area (Å²) >= 11 is 6.12. The van der Waals surface area contributed by atoms with E-state index in [4.69, 9.17) is 41.9 Å². The van der Waals surface area contributed by atoms with E-state index in [9.17, 15) is 0 Å². The number of nitrogen functional groups attached to an aromatic ring is 1. The van der Waals surface area contributed by atoms with Gasteiger partial charge in [-0.25, -0.2) is 9.67 Å². The van der Waals surface area contributed by atoms with Crippen molar-refractivity contribution in [2.75, 3.05) is 30.5 Å². The zero-order valence-electron chi connectivity index (χ0n) is 21.3. The lowest BCUT2D eigenvalue weighted by molar-refractivity contribution is 0.174. The van der Waals surface area contributed by atoms with Gasteiger partial charge in [-0.05, 0) is 73.2 Å². The van der Waals surface area contributed by atoms with Gasteiger partial charge in [-0.15, -0.1) is 5.10 Å².